The van der Waals surface area contributed by atoms with E-state index in [2.05, 4.69) is 52.5 Å². The van der Waals surface area contributed by atoms with E-state index in [1.54, 1.807) is 11.9 Å². The molecule has 1 saturated carbocycles. The predicted molar refractivity (Wildman–Crippen MR) is 88.0 cm³/mol. The third kappa shape index (κ3) is 3.17. The average Bonchev–Trinajstić information content (AvgIpc) is 2.93. The molecular formula is C17H22N2S. The summed E-state index contributed by atoms with van der Waals surface area (Å²) < 4.78 is 3.67. The van der Waals surface area contributed by atoms with Crippen LogP contribution in [0.5, 0.6) is 0 Å². The molecule has 2 aromatic rings. The van der Waals surface area contributed by atoms with Gasteiger partial charge in [0.15, 0.2) is 0 Å². The zero-order chi connectivity index (χ0) is 13.8. The summed E-state index contributed by atoms with van der Waals surface area (Å²) in [6.07, 6.45) is 3.93. The van der Waals surface area contributed by atoms with Gasteiger partial charge in [-0.05, 0) is 67.6 Å². The molecule has 0 spiro atoms. The van der Waals surface area contributed by atoms with Crippen molar-refractivity contribution in [3.63, 3.8) is 0 Å². The second kappa shape index (κ2) is 6.61. The lowest BCUT2D eigenvalue weighted by atomic mass is 10.1. The first-order valence-corrected chi connectivity index (χ1v) is 8.23. The molecule has 3 heteroatoms. The molecule has 2 unspecified atom stereocenters. The van der Waals surface area contributed by atoms with Crippen LogP contribution in [0.2, 0.25) is 0 Å². The SMILES string of the molecule is CNCC1CCC(NSc2cccc3ccccc23)C1. The number of hydrogen-bond acceptors (Lipinski definition) is 3. The first kappa shape index (κ1) is 13.9. The van der Waals surface area contributed by atoms with Gasteiger partial charge in [-0.1, -0.05) is 36.4 Å². The van der Waals surface area contributed by atoms with Crippen LogP contribution in [0.1, 0.15) is 19.3 Å². The van der Waals surface area contributed by atoms with Gasteiger partial charge in [-0.3, -0.25) is 4.72 Å². The first-order chi connectivity index (χ1) is 9.86. The number of benzene rings is 2. The summed E-state index contributed by atoms with van der Waals surface area (Å²) in [6.45, 7) is 1.15. The Kier molecular flexibility index (Phi) is 4.61. The fourth-order valence-electron chi connectivity index (χ4n) is 3.09. The summed E-state index contributed by atoms with van der Waals surface area (Å²) in [5, 5.41) is 5.96. The minimum atomic E-state index is 0.650. The highest BCUT2D eigenvalue weighted by Crippen LogP contribution is 2.30. The monoisotopic (exact) mass is 286 g/mol. The van der Waals surface area contributed by atoms with Crippen LogP contribution >= 0.6 is 11.9 Å². The van der Waals surface area contributed by atoms with Crippen molar-refractivity contribution in [2.45, 2.75) is 30.2 Å². The van der Waals surface area contributed by atoms with Crippen LogP contribution in [0.4, 0.5) is 0 Å². The van der Waals surface area contributed by atoms with Gasteiger partial charge in [-0.2, -0.15) is 0 Å². The van der Waals surface area contributed by atoms with E-state index in [1.165, 1.54) is 34.9 Å². The van der Waals surface area contributed by atoms with Gasteiger partial charge in [0, 0.05) is 10.9 Å². The smallest absolute Gasteiger partial charge is 0.0306 e. The topological polar surface area (TPSA) is 24.1 Å². The molecule has 2 aromatic carbocycles. The molecule has 0 aliphatic heterocycles. The van der Waals surface area contributed by atoms with Crippen molar-refractivity contribution in [1.82, 2.24) is 10.0 Å². The van der Waals surface area contributed by atoms with Crippen molar-refractivity contribution >= 4 is 22.7 Å². The van der Waals surface area contributed by atoms with E-state index in [-0.39, 0.29) is 0 Å². The molecule has 2 atom stereocenters. The molecule has 1 aliphatic rings. The summed E-state index contributed by atoms with van der Waals surface area (Å²) in [7, 11) is 2.05. The largest absolute Gasteiger partial charge is 0.319 e. The Morgan fingerprint density at radius 2 is 1.95 bits per heavy atom. The van der Waals surface area contributed by atoms with Gasteiger partial charge < -0.3 is 5.32 Å². The number of fused-ring (bicyclic) bond motifs is 1. The fourth-order valence-corrected chi connectivity index (χ4v) is 4.04. The molecule has 2 nitrogen and oxygen atoms in total. The van der Waals surface area contributed by atoms with Gasteiger partial charge in [0.2, 0.25) is 0 Å². The Labute approximate surface area is 125 Å². The zero-order valence-corrected chi connectivity index (χ0v) is 12.7. The molecule has 3 rings (SSSR count). The molecule has 0 amide bonds. The van der Waals surface area contributed by atoms with Crippen molar-refractivity contribution < 1.29 is 0 Å². The summed E-state index contributed by atoms with van der Waals surface area (Å²) >= 11 is 1.80. The second-order valence-electron chi connectivity index (χ2n) is 5.63. The summed E-state index contributed by atoms with van der Waals surface area (Å²) in [4.78, 5) is 1.33. The Morgan fingerprint density at radius 1 is 1.10 bits per heavy atom. The molecule has 1 aliphatic carbocycles. The standard InChI is InChI=1S/C17H22N2S/c1-18-12-13-9-10-15(11-13)19-20-17-8-4-6-14-5-2-3-7-16(14)17/h2-8,13,15,18-19H,9-12H2,1H3. The van der Waals surface area contributed by atoms with Crippen LogP contribution in [0.15, 0.2) is 47.4 Å². The third-order valence-electron chi connectivity index (χ3n) is 4.12. The third-order valence-corrected chi connectivity index (χ3v) is 5.15. The molecular weight excluding hydrogens is 264 g/mol. The highest BCUT2D eigenvalue weighted by molar-refractivity contribution is 7.97. The van der Waals surface area contributed by atoms with E-state index in [4.69, 9.17) is 0 Å². The maximum Gasteiger partial charge on any atom is 0.0306 e. The quantitative estimate of drug-likeness (QED) is 0.817. The molecule has 20 heavy (non-hydrogen) atoms. The zero-order valence-electron chi connectivity index (χ0n) is 11.9. The Bertz CT molecular complexity index is 564. The molecule has 0 bridgehead atoms. The molecule has 0 heterocycles. The Hall–Kier alpha value is -1.03. The second-order valence-corrected chi connectivity index (χ2v) is 6.51. The molecule has 2 N–H and O–H groups in total. The maximum absolute atomic E-state index is 3.67. The molecule has 0 radical (unpaired) electrons. The molecule has 106 valence electrons. The average molecular weight is 286 g/mol. The minimum Gasteiger partial charge on any atom is -0.319 e. The molecule has 0 saturated heterocycles. The lowest BCUT2D eigenvalue weighted by molar-refractivity contribution is 0.503. The van der Waals surface area contributed by atoms with Crippen molar-refractivity contribution in [2.24, 2.45) is 5.92 Å². The molecule has 0 aromatic heterocycles. The summed E-state index contributed by atoms with van der Waals surface area (Å²) in [5.41, 5.74) is 0. The van der Waals surface area contributed by atoms with E-state index in [0.717, 1.165) is 12.5 Å². The van der Waals surface area contributed by atoms with E-state index in [0.29, 0.717) is 6.04 Å². The lowest BCUT2D eigenvalue weighted by Crippen LogP contribution is -2.22. The van der Waals surface area contributed by atoms with Gasteiger partial charge in [0.05, 0.1) is 0 Å². The van der Waals surface area contributed by atoms with E-state index < -0.39 is 0 Å². The van der Waals surface area contributed by atoms with E-state index in [1.807, 2.05) is 7.05 Å². The van der Waals surface area contributed by atoms with Gasteiger partial charge in [-0.15, -0.1) is 0 Å². The van der Waals surface area contributed by atoms with Crippen molar-refractivity contribution in [3.05, 3.63) is 42.5 Å². The fraction of sp³-hybridized carbons (Fsp3) is 0.412. The van der Waals surface area contributed by atoms with Gasteiger partial charge in [0.25, 0.3) is 0 Å². The number of hydrogen-bond donors (Lipinski definition) is 2. The minimum absolute atomic E-state index is 0.650. The summed E-state index contributed by atoms with van der Waals surface area (Å²) in [5.74, 6) is 0.839. The lowest BCUT2D eigenvalue weighted by Gasteiger charge is -2.13. The van der Waals surface area contributed by atoms with Gasteiger partial charge in [-0.25, -0.2) is 0 Å². The van der Waals surface area contributed by atoms with Crippen molar-refractivity contribution in [2.75, 3.05) is 13.6 Å². The van der Waals surface area contributed by atoms with Gasteiger partial charge in [0.1, 0.15) is 0 Å². The van der Waals surface area contributed by atoms with Crippen LogP contribution in [0.3, 0.4) is 0 Å². The van der Waals surface area contributed by atoms with E-state index >= 15 is 0 Å². The van der Waals surface area contributed by atoms with E-state index in [9.17, 15) is 0 Å². The number of nitrogens with one attached hydrogen (secondary N) is 2. The normalized spacial score (nSPS) is 22.4. The van der Waals surface area contributed by atoms with Crippen LogP contribution in [0.25, 0.3) is 10.8 Å². The number of rotatable bonds is 5. The molecule has 1 fully saturated rings. The predicted octanol–water partition coefficient (Wildman–Crippen LogP) is 3.82. The first-order valence-electron chi connectivity index (χ1n) is 7.41. The Balaban J connectivity index is 1.63. The van der Waals surface area contributed by atoms with Crippen LogP contribution < -0.4 is 10.0 Å². The summed E-state index contributed by atoms with van der Waals surface area (Å²) in [6, 6.07) is 15.8. The van der Waals surface area contributed by atoms with Crippen LogP contribution in [0, 0.1) is 5.92 Å². The van der Waals surface area contributed by atoms with Crippen LogP contribution in [-0.2, 0) is 0 Å². The van der Waals surface area contributed by atoms with Crippen molar-refractivity contribution in [3.8, 4) is 0 Å². The maximum atomic E-state index is 3.67. The Morgan fingerprint density at radius 3 is 2.85 bits per heavy atom. The van der Waals surface area contributed by atoms with Crippen LogP contribution in [-0.4, -0.2) is 19.6 Å². The highest BCUT2D eigenvalue weighted by Gasteiger charge is 2.23. The van der Waals surface area contributed by atoms with Crippen molar-refractivity contribution in [1.29, 1.82) is 0 Å². The highest BCUT2D eigenvalue weighted by atomic mass is 32.2. The van der Waals surface area contributed by atoms with Gasteiger partial charge >= 0.3 is 0 Å².